The van der Waals surface area contributed by atoms with Crippen LogP contribution in [0.25, 0.3) is 0 Å². The smallest absolute Gasteiger partial charge is 0.311 e. The van der Waals surface area contributed by atoms with Crippen molar-refractivity contribution in [2.75, 3.05) is 0 Å². The summed E-state index contributed by atoms with van der Waals surface area (Å²) in [6.45, 7) is 3.88. The van der Waals surface area contributed by atoms with Gasteiger partial charge in [0.25, 0.3) is 0 Å². The third-order valence-corrected chi connectivity index (χ3v) is 1.89. The average molecular weight is 208 g/mol. The Bertz CT molecular complexity index is 331. The molecule has 15 heavy (non-hydrogen) atoms. The van der Waals surface area contributed by atoms with Crippen LogP contribution >= 0.6 is 0 Å². The first-order chi connectivity index (χ1) is 7.11. The number of carbonyl (C=O) groups excluding carboxylic acids is 1. The van der Waals surface area contributed by atoms with Crippen LogP contribution in [0.2, 0.25) is 0 Å². The number of aliphatic hydroxyl groups excluding tert-OH is 1. The number of hydrogen-bond acceptors (Lipinski definition) is 3. The predicted molar refractivity (Wildman–Crippen MR) is 57.5 cm³/mol. The van der Waals surface area contributed by atoms with Crippen LogP contribution in [0.4, 0.5) is 0 Å². The van der Waals surface area contributed by atoms with E-state index in [1.54, 1.807) is 24.3 Å². The quantitative estimate of drug-likeness (QED) is 0.609. The van der Waals surface area contributed by atoms with Crippen LogP contribution in [-0.2, 0) is 11.4 Å². The Morgan fingerprint density at radius 3 is 2.80 bits per heavy atom. The molecule has 3 nitrogen and oxygen atoms in total. The van der Waals surface area contributed by atoms with Gasteiger partial charge in [-0.25, -0.2) is 0 Å². The minimum atomic E-state index is -0.236. The van der Waals surface area contributed by atoms with E-state index in [-0.39, 0.29) is 12.6 Å². The number of carbonyl (C=O) groups is 1. The van der Waals surface area contributed by atoms with Crippen molar-refractivity contribution in [3.8, 4) is 5.75 Å². The molecule has 0 atom stereocenters. The zero-order valence-electron chi connectivity index (χ0n) is 9.06. The molecule has 0 saturated heterocycles. The van der Waals surface area contributed by atoms with Crippen LogP contribution < -0.4 is 4.74 Å². The van der Waals surface area contributed by atoms with Crippen molar-refractivity contribution in [1.29, 1.82) is 0 Å². The van der Waals surface area contributed by atoms with Gasteiger partial charge in [0.2, 0.25) is 0 Å². The molecule has 1 aromatic carbocycles. The molecule has 1 N–H and O–H groups in total. The van der Waals surface area contributed by atoms with Gasteiger partial charge in [-0.05, 0) is 23.6 Å². The number of ether oxygens (including phenoxy) is 1. The molecular weight excluding hydrogens is 192 g/mol. The maximum absolute atomic E-state index is 11.3. The van der Waals surface area contributed by atoms with Gasteiger partial charge in [-0.2, -0.15) is 0 Å². The van der Waals surface area contributed by atoms with Crippen LogP contribution in [0.15, 0.2) is 24.3 Å². The number of benzene rings is 1. The van der Waals surface area contributed by atoms with E-state index >= 15 is 0 Å². The number of aliphatic hydroxyl groups is 1. The van der Waals surface area contributed by atoms with Crippen LogP contribution in [0, 0.1) is 5.92 Å². The first-order valence-corrected chi connectivity index (χ1v) is 5.02. The van der Waals surface area contributed by atoms with Gasteiger partial charge in [-0.15, -0.1) is 0 Å². The normalized spacial score (nSPS) is 10.4. The summed E-state index contributed by atoms with van der Waals surface area (Å²) in [5.41, 5.74) is 0.741. The first-order valence-electron chi connectivity index (χ1n) is 5.02. The molecule has 0 aliphatic carbocycles. The average Bonchev–Trinajstić information content (AvgIpc) is 2.16. The maximum atomic E-state index is 11.3. The van der Waals surface area contributed by atoms with E-state index in [0.717, 1.165) is 5.56 Å². The van der Waals surface area contributed by atoms with Crippen molar-refractivity contribution in [2.45, 2.75) is 26.9 Å². The minimum Gasteiger partial charge on any atom is -0.427 e. The fraction of sp³-hybridized carbons (Fsp3) is 0.417. The highest BCUT2D eigenvalue weighted by Crippen LogP contribution is 2.14. The summed E-state index contributed by atoms with van der Waals surface area (Å²) in [7, 11) is 0. The van der Waals surface area contributed by atoms with Gasteiger partial charge >= 0.3 is 5.97 Å². The van der Waals surface area contributed by atoms with Gasteiger partial charge in [-0.3, -0.25) is 4.79 Å². The van der Waals surface area contributed by atoms with Gasteiger partial charge in [-0.1, -0.05) is 26.0 Å². The minimum absolute atomic E-state index is 0.0461. The molecular formula is C12H16O3. The molecule has 0 saturated carbocycles. The Balaban J connectivity index is 2.60. The first kappa shape index (κ1) is 11.7. The monoisotopic (exact) mass is 208 g/mol. The van der Waals surface area contributed by atoms with E-state index in [1.807, 2.05) is 13.8 Å². The number of rotatable bonds is 4. The second-order valence-corrected chi connectivity index (χ2v) is 3.88. The summed E-state index contributed by atoms with van der Waals surface area (Å²) >= 11 is 0. The van der Waals surface area contributed by atoms with E-state index in [1.165, 1.54) is 0 Å². The van der Waals surface area contributed by atoms with Gasteiger partial charge in [0.05, 0.1) is 6.61 Å². The molecule has 0 unspecified atom stereocenters. The molecule has 3 heteroatoms. The lowest BCUT2D eigenvalue weighted by Crippen LogP contribution is -2.10. The Morgan fingerprint density at radius 2 is 2.20 bits per heavy atom. The molecule has 0 amide bonds. The summed E-state index contributed by atoms with van der Waals surface area (Å²) < 4.78 is 5.12. The highest BCUT2D eigenvalue weighted by molar-refractivity contribution is 5.72. The second-order valence-electron chi connectivity index (χ2n) is 3.88. The molecule has 1 aromatic rings. The lowest BCUT2D eigenvalue weighted by Gasteiger charge is -2.06. The van der Waals surface area contributed by atoms with E-state index in [0.29, 0.717) is 18.1 Å². The fourth-order valence-electron chi connectivity index (χ4n) is 1.21. The standard InChI is InChI=1S/C12H16O3/c1-9(2)6-12(14)15-11-5-3-4-10(7-11)8-13/h3-5,7,9,13H,6,8H2,1-2H3. The predicted octanol–water partition coefficient (Wildman–Crippen LogP) is 2.13. The van der Waals surface area contributed by atoms with Gasteiger partial charge in [0, 0.05) is 6.42 Å². The lowest BCUT2D eigenvalue weighted by atomic mass is 10.1. The summed E-state index contributed by atoms with van der Waals surface area (Å²) in [4.78, 5) is 11.3. The van der Waals surface area contributed by atoms with Gasteiger partial charge in [0.1, 0.15) is 5.75 Å². The Kier molecular flexibility index (Phi) is 4.31. The van der Waals surface area contributed by atoms with E-state index < -0.39 is 0 Å². The fourth-order valence-corrected chi connectivity index (χ4v) is 1.21. The van der Waals surface area contributed by atoms with Crippen LogP contribution in [0.3, 0.4) is 0 Å². The zero-order chi connectivity index (χ0) is 11.3. The van der Waals surface area contributed by atoms with E-state index in [9.17, 15) is 4.79 Å². The van der Waals surface area contributed by atoms with E-state index in [2.05, 4.69) is 0 Å². The molecule has 0 aliphatic heterocycles. The highest BCUT2D eigenvalue weighted by atomic mass is 16.5. The van der Waals surface area contributed by atoms with Crippen LogP contribution in [0.5, 0.6) is 5.75 Å². The molecule has 82 valence electrons. The second kappa shape index (κ2) is 5.51. The molecule has 0 aromatic heterocycles. The Labute approximate surface area is 89.7 Å². The van der Waals surface area contributed by atoms with Crippen molar-refractivity contribution < 1.29 is 14.6 Å². The van der Waals surface area contributed by atoms with Crippen molar-refractivity contribution in [3.63, 3.8) is 0 Å². The van der Waals surface area contributed by atoms with E-state index in [4.69, 9.17) is 9.84 Å². The summed E-state index contributed by atoms with van der Waals surface area (Å²) in [5.74, 6) is 0.547. The van der Waals surface area contributed by atoms with Crippen molar-refractivity contribution >= 4 is 5.97 Å². The highest BCUT2D eigenvalue weighted by Gasteiger charge is 2.07. The lowest BCUT2D eigenvalue weighted by molar-refractivity contribution is -0.135. The number of hydrogen-bond donors (Lipinski definition) is 1. The third-order valence-electron chi connectivity index (χ3n) is 1.89. The van der Waals surface area contributed by atoms with Gasteiger partial charge in [0.15, 0.2) is 0 Å². The third kappa shape index (κ3) is 4.13. The molecule has 0 fully saturated rings. The summed E-state index contributed by atoms with van der Waals surface area (Å²) in [5, 5.41) is 8.90. The number of esters is 1. The molecule has 0 aliphatic rings. The van der Waals surface area contributed by atoms with Crippen LogP contribution in [0.1, 0.15) is 25.8 Å². The van der Waals surface area contributed by atoms with Crippen molar-refractivity contribution in [1.82, 2.24) is 0 Å². The van der Waals surface area contributed by atoms with Gasteiger partial charge < -0.3 is 9.84 Å². The summed E-state index contributed by atoms with van der Waals surface area (Å²) in [6, 6.07) is 6.90. The SMILES string of the molecule is CC(C)CC(=O)Oc1cccc(CO)c1. The zero-order valence-corrected chi connectivity index (χ0v) is 9.06. The largest absolute Gasteiger partial charge is 0.427 e. The molecule has 0 radical (unpaired) electrons. The van der Waals surface area contributed by atoms with Crippen molar-refractivity contribution in [3.05, 3.63) is 29.8 Å². The molecule has 0 bridgehead atoms. The van der Waals surface area contributed by atoms with Crippen molar-refractivity contribution in [2.24, 2.45) is 5.92 Å². The van der Waals surface area contributed by atoms with Crippen LogP contribution in [-0.4, -0.2) is 11.1 Å². The topological polar surface area (TPSA) is 46.5 Å². The Morgan fingerprint density at radius 1 is 1.47 bits per heavy atom. The molecule has 0 heterocycles. The Hall–Kier alpha value is -1.35. The summed E-state index contributed by atoms with van der Waals surface area (Å²) in [6.07, 6.45) is 0.406. The molecule has 1 rings (SSSR count). The molecule has 0 spiro atoms. The maximum Gasteiger partial charge on any atom is 0.311 e.